The van der Waals surface area contributed by atoms with E-state index in [1.54, 1.807) is 31.2 Å². The third kappa shape index (κ3) is 3.89. The maximum Gasteiger partial charge on any atom is 0.263 e. The van der Waals surface area contributed by atoms with Crippen LogP contribution in [0.4, 0.5) is 0 Å². The molecule has 0 aromatic heterocycles. The number of nitrogens with zero attached hydrogens (tertiary/aromatic N) is 1. The Morgan fingerprint density at radius 1 is 1.52 bits per heavy atom. The summed E-state index contributed by atoms with van der Waals surface area (Å²) >= 11 is 5.92. The number of nitrogens with two attached hydrogens (primary N) is 1. The molecule has 0 aliphatic carbocycles. The lowest BCUT2D eigenvalue weighted by atomic mass is 9.79. The highest BCUT2D eigenvalue weighted by atomic mass is 35.5. The first-order valence-electron chi connectivity index (χ1n) is 7.26. The van der Waals surface area contributed by atoms with Crippen LogP contribution in [0.1, 0.15) is 27.2 Å². The Balaban J connectivity index is 1.99. The smallest absolute Gasteiger partial charge is 0.263 e. The molecule has 4 nitrogen and oxygen atoms in total. The van der Waals surface area contributed by atoms with Gasteiger partial charge in [0.25, 0.3) is 5.91 Å². The number of benzene rings is 1. The van der Waals surface area contributed by atoms with Gasteiger partial charge in [0.05, 0.1) is 0 Å². The molecule has 0 bridgehead atoms. The number of piperidine rings is 1. The van der Waals surface area contributed by atoms with Crippen LogP contribution in [0.2, 0.25) is 5.02 Å². The zero-order chi connectivity index (χ0) is 15.6. The fourth-order valence-corrected chi connectivity index (χ4v) is 2.79. The minimum atomic E-state index is -0.534. The normalized spacial score (nSPS) is 22.7. The van der Waals surface area contributed by atoms with Crippen molar-refractivity contribution < 1.29 is 9.53 Å². The zero-order valence-corrected chi connectivity index (χ0v) is 13.6. The second-order valence-corrected chi connectivity index (χ2v) is 6.80. The SMILES string of the molecule is CC(Oc1cccc(Cl)c1)C(=O)N1CCC(N)C(C)(C)C1. The lowest BCUT2D eigenvalue weighted by Gasteiger charge is -2.43. The van der Waals surface area contributed by atoms with Crippen LogP contribution < -0.4 is 10.5 Å². The van der Waals surface area contributed by atoms with Crippen molar-refractivity contribution >= 4 is 17.5 Å². The molecule has 2 rings (SSSR count). The Labute approximate surface area is 131 Å². The highest BCUT2D eigenvalue weighted by Gasteiger charge is 2.36. The number of hydrogen-bond acceptors (Lipinski definition) is 3. The molecule has 1 amide bonds. The van der Waals surface area contributed by atoms with Crippen molar-refractivity contribution in [1.29, 1.82) is 0 Å². The molecule has 1 heterocycles. The summed E-state index contributed by atoms with van der Waals surface area (Å²) in [6.07, 6.45) is 0.288. The first-order chi connectivity index (χ1) is 9.79. The van der Waals surface area contributed by atoms with Gasteiger partial charge in [0.2, 0.25) is 0 Å². The molecule has 2 unspecified atom stereocenters. The average Bonchev–Trinajstić information content (AvgIpc) is 2.41. The topological polar surface area (TPSA) is 55.6 Å². The fourth-order valence-electron chi connectivity index (χ4n) is 2.61. The van der Waals surface area contributed by atoms with Crippen molar-refractivity contribution in [2.24, 2.45) is 11.1 Å². The van der Waals surface area contributed by atoms with Gasteiger partial charge in [-0.25, -0.2) is 0 Å². The van der Waals surface area contributed by atoms with Crippen LogP contribution in [0.3, 0.4) is 0 Å². The first-order valence-corrected chi connectivity index (χ1v) is 7.64. The molecule has 116 valence electrons. The van der Waals surface area contributed by atoms with Crippen molar-refractivity contribution in [2.45, 2.75) is 39.3 Å². The summed E-state index contributed by atoms with van der Waals surface area (Å²) in [4.78, 5) is 14.4. The zero-order valence-electron chi connectivity index (χ0n) is 12.8. The van der Waals surface area contributed by atoms with Crippen molar-refractivity contribution in [3.8, 4) is 5.75 Å². The molecule has 2 N–H and O–H groups in total. The predicted octanol–water partition coefficient (Wildman–Crippen LogP) is 2.69. The van der Waals surface area contributed by atoms with Gasteiger partial charge in [-0.2, -0.15) is 0 Å². The average molecular weight is 311 g/mol. The van der Waals surface area contributed by atoms with E-state index < -0.39 is 6.10 Å². The maximum atomic E-state index is 12.5. The largest absolute Gasteiger partial charge is 0.481 e. The summed E-state index contributed by atoms with van der Waals surface area (Å²) in [7, 11) is 0. The van der Waals surface area contributed by atoms with Gasteiger partial charge < -0.3 is 15.4 Å². The van der Waals surface area contributed by atoms with Gasteiger partial charge in [-0.3, -0.25) is 4.79 Å². The lowest BCUT2D eigenvalue weighted by molar-refractivity contribution is -0.141. The first kappa shape index (κ1) is 16.1. The number of rotatable bonds is 3. The highest BCUT2D eigenvalue weighted by Crippen LogP contribution is 2.28. The van der Waals surface area contributed by atoms with E-state index in [1.807, 2.05) is 4.90 Å². The fraction of sp³-hybridized carbons (Fsp3) is 0.562. The Hall–Kier alpha value is -1.26. The molecule has 1 fully saturated rings. The quantitative estimate of drug-likeness (QED) is 0.934. The highest BCUT2D eigenvalue weighted by molar-refractivity contribution is 6.30. The molecule has 2 atom stereocenters. The molecule has 1 saturated heterocycles. The standard InChI is InChI=1S/C16H23ClN2O2/c1-11(21-13-6-4-5-12(17)9-13)15(20)19-8-7-14(18)16(2,3)10-19/h4-6,9,11,14H,7-8,10,18H2,1-3H3. The second kappa shape index (κ2) is 6.24. The van der Waals surface area contributed by atoms with Gasteiger partial charge >= 0.3 is 0 Å². The van der Waals surface area contributed by atoms with Gasteiger partial charge in [-0.1, -0.05) is 31.5 Å². The van der Waals surface area contributed by atoms with Crippen molar-refractivity contribution in [1.82, 2.24) is 4.90 Å². The van der Waals surface area contributed by atoms with Crippen molar-refractivity contribution in [3.63, 3.8) is 0 Å². The third-order valence-electron chi connectivity index (χ3n) is 4.08. The summed E-state index contributed by atoms with van der Waals surface area (Å²) in [5, 5.41) is 0.595. The van der Waals surface area contributed by atoms with E-state index >= 15 is 0 Å². The summed E-state index contributed by atoms with van der Waals surface area (Å²) in [6.45, 7) is 7.31. The van der Waals surface area contributed by atoms with Crippen LogP contribution in [-0.4, -0.2) is 36.0 Å². The predicted molar refractivity (Wildman–Crippen MR) is 84.5 cm³/mol. The number of halogens is 1. The van der Waals surface area contributed by atoms with E-state index in [-0.39, 0.29) is 17.4 Å². The second-order valence-electron chi connectivity index (χ2n) is 6.36. The molecule has 1 aliphatic heterocycles. The number of hydrogen-bond donors (Lipinski definition) is 1. The van der Waals surface area contributed by atoms with Gasteiger partial charge in [0, 0.05) is 24.2 Å². The monoisotopic (exact) mass is 310 g/mol. The molecule has 5 heteroatoms. The maximum absolute atomic E-state index is 12.5. The minimum absolute atomic E-state index is 0.00468. The van der Waals surface area contributed by atoms with Crippen LogP contribution in [-0.2, 0) is 4.79 Å². The molecule has 1 aromatic rings. The van der Waals surface area contributed by atoms with Crippen molar-refractivity contribution in [2.75, 3.05) is 13.1 Å². The molecular weight excluding hydrogens is 288 g/mol. The molecule has 0 radical (unpaired) electrons. The molecular formula is C16H23ClN2O2. The van der Waals surface area contributed by atoms with Crippen LogP contribution in [0.25, 0.3) is 0 Å². The Bertz CT molecular complexity index is 519. The third-order valence-corrected chi connectivity index (χ3v) is 4.32. The van der Waals surface area contributed by atoms with E-state index in [4.69, 9.17) is 22.1 Å². The summed E-state index contributed by atoms with van der Waals surface area (Å²) in [5.74, 6) is 0.603. The number of likely N-dealkylation sites (tertiary alicyclic amines) is 1. The van der Waals surface area contributed by atoms with Gasteiger partial charge in [-0.05, 0) is 37.0 Å². The number of carbonyl (C=O) groups is 1. The number of ether oxygens (including phenoxy) is 1. The molecule has 1 aliphatic rings. The van der Waals surface area contributed by atoms with Gasteiger partial charge in [0.1, 0.15) is 5.75 Å². The van der Waals surface area contributed by atoms with Crippen LogP contribution in [0, 0.1) is 5.41 Å². The Morgan fingerprint density at radius 2 is 2.24 bits per heavy atom. The van der Waals surface area contributed by atoms with E-state index in [2.05, 4.69) is 13.8 Å². The minimum Gasteiger partial charge on any atom is -0.481 e. The summed E-state index contributed by atoms with van der Waals surface area (Å²) in [6, 6.07) is 7.21. The van der Waals surface area contributed by atoms with Gasteiger partial charge in [0.15, 0.2) is 6.10 Å². The molecule has 1 aromatic carbocycles. The Kier molecular flexibility index (Phi) is 4.79. The number of amides is 1. The molecule has 0 spiro atoms. The van der Waals surface area contributed by atoms with Crippen LogP contribution in [0.5, 0.6) is 5.75 Å². The van der Waals surface area contributed by atoms with Crippen LogP contribution in [0.15, 0.2) is 24.3 Å². The number of carbonyl (C=O) groups excluding carboxylic acids is 1. The van der Waals surface area contributed by atoms with E-state index in [1.165, 1.54) is 0 Å². The Morgan fingerprint density at radius 3 is 2.86 bits per heavy atom. The summed E-state index contributed by atoms with van der Waals surface area (Å²) < 4.78 is 5.70. The van der Waals surface area contributed by atoms with Gasteiger partial charge in [-0.15, -0.1) is 0 Å². The molecule has 21 heavy (non-hydrogen) atoms. The lowest BCUT2D eigenvalue weighted by Crippen LogP contribution is -2.56. The van der Waals surface area contributed by atoms with Crippen LogP contribution >= 0.6 is 11.6 Å². The molecule has 0 saturated carbocycles. The van der Waals surface area contributed by atoms with E-state index in [0.717, 1.165) is 6.42 Å². The van der Waals surface area contributed by atoms with E-state index in [0.29, 0.717) is 23.9 Å². The van der Waals surface area contributed by atoms with Crippen molar-refractivity contribution in [3.05, 3.63) is 29.3 Å². The van der Waals surface area contributed by atoms with E-state index in [9.17, 15) is 4.79 Å². The summed E-state index contributed by atoms with van der Waals surface area (Å²) in [5.41, 5.74) is 6.04.